The van der Waals surface area contributed by atoms with Gasteiger partial charge in [-0.25, -0.2) is 9.97 Å². The minimum Gasteiger partial charge on any atom is -0.367 e. The summed E-state index contributed by atoms with van der Waals surface area (Å²) in [5, 5.41) is 3.34. The van der Waals surface area contributed by atoms with E-state index >= 15 is 0 Å². The molecule has 0 fully saturated rings. The molecule has 0 aliphatic rings. The van der Waals surface area contributed by atoms with Crippen molar-refractivity contribution in [2.24, 2.45) is 0 Å². The summed E-state index contributed by atoms with van der Waals surface area (Å²) in [6, 6.07) is 2.36. The van der Waals surface area contributed by atoms with Crippen molar-refractivity contribution in [1.29, 1.82) is 0 Å². The molecule has 78 valence electrons. The topological polar surface area (TPSA) is 37.8 Å². The number of hydrogen-bond donors (Lipinski definition) is 1. The van der Waals surface area contributed by atoms with Gasteiger partial charge in [0.15, 0.2) is 0 Å². The van der Waals surface area contributed by atoms with E-state index in [1.54, 1.807) is 0 Å². The van der Waals surface area contributed by atoms with Gasteiger partial charge in [-0.15, -0.1) is 0 Å². The van der Waals surface area contributed by atoms with E-state index in [9.17, 15) is 0 Å². The maximum absolute atomic E-state index is 4.30. The van der Waals surface area contributed by atoms with Crippen molar-refractivity contribution >= 4 is 21.7 Å². The predicted octanol–water partition coefficient (Wildman–Crippen LogP) is 3.15. The third kappa shape index (κ3) is 3.62. The highest BCUT2D eigenvalue weighted by Crippen LogP contribution is 2.13. The standard InChI is InChI=1S/C10H16BrN3/c1-4-5-7(2)12-10-6-9(11)13-8(3)14-10/h6-7H,4-5H2,1-3H3,(H,12,13,14). The molecule has 1 rings (SSSR count). The summed E-state index contributed by atoms with van der Waals surface area (Å²) in [7, 11) is 0. The van der Waals surface area contributed by atoms with Crippen LogP contribution in [0.5, 0.6) is 0 Å². The molecule has 0 aliphatic carbocycles. The van der Waals surface area contributed by atoms with Crippen LogP contribution in [0.25, 0.3) is 0 Å². The molecular weight excluding hydrogens is 242 g/mol. The lowest BCUT2D eigenvalue weighted by Crippen LogP contribution is -2.15. The molecule has 1 unspecified atom stereocenters. The molecule has 14 heavy (non-hydrogen) atoms. The number of halogens is 1. The van der Waals surface area contributed by atoms with Crippen LogP contribution >= 0.6 is 15.9 Å². The van der Waals surface area contributed by atoms with Crippen LogP contribution in [0, 0.1) is 6.92 Å². The van der Waals surface area contributed by atoms with Gasteiger partial charge in [0.2, 0.25) is 0 Å². The van der Waals surface area contributed by atoms with Gasteiger partial charge in [0, 0.05) is 12.1 Å². The number of hydrogen-bond acceptors (Lipinski definition) is 3. The van der Waals surface area contributed by atoms with E-state index < -0.39 is 0 Å². The van der Waals surface area contributed by atoms with E-state index in [4.69, 9.17) is 0 Å². The molecule has 1 atom stereocenters. The van der Waals surface area contributed by atoms with Crippen LogP contribution in [0.4, 0.5) is 5.82 Å². The fourth-order valence-corrected chi connectivity index (χ4v) is 1.84. The van der Waals surface area contributed by atoms with Crippen molar-refractivity contribution in [1.82, 2.24) is 9.97 Å². The van der Waals surface area contributed by atoms with Gasteiger partial charge in [0.05, 0.1) is 0 Å². The summed E-state index contributed by atoms with van der Waals surface area (Å²) in [6.07, 6.45) is 2.33. The van der Waals surface area contributed by atoms with Crippen molar-refractivity contribution in [2.75, 3.05) is 5.32 Å². The van der Waals surface area contributed by atoms with E-state index in [0.717, 1.165) is 22.7 Å². The number of nitrogens with one attached hydrogen (secondary N) is 1. The van der Waals surface area contributed by atoms with E-state index in [1.165, 1.54) is 6.42 Å². The molecule has 1 aromatic rings. The third-order valence-electron chi connectivity index (χ3n) is 1.92. The fourth-order valence-electron chi connectivity index (χ4n) is 1.36. The summed E-state index contributed by atoms with van der Waals surface area (Å²) in [5.74, 6) is 1.68. The first kappa shape index (κ1) is 11.4. The Balaban J connectivity index is 2.66. The van der Waals surface area contributed by atoms with Crippen LogP contribution in [-0.4, -0.2) is 16.0 Å². The second-order valence-electron chi connectivity index (χ2n) is 3.46. The average Bonchev–Trinajstić information content (AvgIpc) is 2.01. The van der Waals surface area contributed by atoms with Crippen molar-refractivity contribution in [3.8, 4) is 0 Å². The van der Waals surface area contributed by atoms with Gasteiger partial charge >= 0.3 is 0 Å². The molecule has 0 aromatic carbocycles. The highest BCUT2D eigenvalue weighted by Gasteiger charge is 2.03. The SMILES string of the molecule is CCCC(C)Nc1cc(Br)nc(C)n1. The highest BCUT2D eigenvalue weighted by atomic mass is 79.9. The molecule has 0 amide bonds. The van der Waals surface area contributed by atoms with Gasteiger partial charge < -0.3 is 5.32 Å². The Morgan fingerprint density at radius 2 is 2.21 bits per heavy atom. The van der Waals surface area contributed by atoms with Gasteiger partial charge in [-0.3, -0.25) is 0 Å². The summed E-state index contributed by atoms with van der Waals surface area (Å²) >= 11 is 3.35. The van der Waals surface area contributed by atoms with E-state index in [-0.39, 0.29) is 0 Å². The molecular formula is C10H16BrN3. The largest absolute Gasteiger partial charge is 0.367 e. The molecule has 0 saturated heterocycles. The molecule has 3 nitrogen and oxygen atoms in total. The van der Waals surface area contributed by atoms with Crippen molar-refractivity contribution in [3.05, 3.63) is 16.5 Å². The Morgan fingerprint density at radius 1 is 1.50 bits per heavy atom. The molecule has 0 aliphatic heterocycles. The lowest BCUT2D eigenvalue weighted by molar-refractivity contribution is 0.686. The summed E-state index contributed by atoms with van der Waals surface area (Å²) in [6.45, 7) is 6.23. The third-order valence-corrected chi connectivity index (χ3v) is 2.33. The Bertz CT molecular complexity index is 281. The monoisotopic (exact) mass is 257 g/mol. The van der Waals surface area contributed by atoms with Gasteiger partial charge in [-0.2, -0.15) is 0 Å². The molecule has 1 aromatic heterocycles. The smallest absolute Gasteiger partial charge is 0.131 e. The molecule has 0 saturated carbocycles. The normalized spacial score (nSPS) is 12.6. The number of aryl methyl sites for hydroxylation is 1. The van der Waals surface area contributed by atoms with Gasteiger partial charge in [0.1, 0.15) is 16.2 Å². The molecule has 0 spiro atoms. The molecule has 4 heteroatoms. The molecule has 0 bridgehead atoms. The van der Waals surface area contributed by atoms with E-state index in [0.29, 0.717) is 6.04 Å². The maximum atomic E-state index is 4.30. The van der Waals surface area contributed by atoms with E-state index in [2.05, 4.69) is 45.1 Å². The van der Waals surface area contributed by atoms with E-state index in [1.807, 2.05) is 13.0 Å². The minimum atomic E-state index is 0.459. The van der Waals surface area contributed by atoms with Crippen LogP contribution in [0.2, 0.25) is 0 Å². The summed E-state index contributed by atoms with van der Waals surface area (Å²) in [5.41, 5.74) is 0. The molecule has 0 radical (unpaired) electrons. The Labute approximate surface area is 93.5 Å². The Hall–Kier alpha value is -0.640. The van der Waals surface area contributed by atoms with Crippen molar-refractivity contribution in [3.63, 3.8) is 0 Å². The summed E-state index contributed by atoms with van der Waals surface area (Å²) in [4.78, 5) is 8.46. The first-order valence-electron chi connectivity index (χ1n) is 4.89. The van der Waals surface area contributed by atoms with Crippen LogP contribution in [0.1, 0.15) is 32.5 Å². The predicted molar refractivity (Wildman–Crippen MR) is 62.5 cm³/mol. The first-order chi connectivity index (χ1) is 6.61. The van der Waals surface area contributed by atoms with Crippen molar-refractivity contribution < 1.29 is 0 Å². The maximum Gasteiger partial charge on any atom is 0.131 e. The molecule has 1 N–H and O–H groups in total. The zero-order chi connectivity index (χ0) is 10.6. The number of anilines is 1. The van der Waals surface area contributed by atoms with Crippen LogP contribution in [0.3, 0.4) is 0 Å². The molecule has 1 heterocycles. The zero-order valence-corrected chi connectivity index (χ0v) is 10.4. The van der Waals surface area contributed by atoms with Crippen LogP contribution in [-0.2, 0) is 0 Å². The van der Waals surface area contributed by atoms with Crippen molar-refractivity contribution in [2.45, 2.75) is 39.7 Å². The quantitative estimate of drug-likeness (QED) is 0.843. The second-order valence-corrected chi connectivity index (χ2v) is 4.27. The lowest BCUT2D eigenvalue weighted by Gasteiger charge is -2.13. The minimum absolute atomic E-state index is 0.459. The first-order valence-corrected chi connectivity index (χ1v) is 5.69. The lowest BCUT2D eigenvalue weighted by atomic mass is 10.2. The van der Waals surface area contributed by atoms with Gasteiger partial charge in [-0.1, -0.05) is 13.3 Å². The Kier molecular flexibility index (Phi) is 4.32. The van der Waals surface area contributed by atoms with Gasteiger partial charge in [0.25, 0.3) is 0 Å². The van der Waals surface area contributed by atoms with Crippen LogP contribution in [0.15, 0.2) is 10.7 Å². The number of rotatable bonds is 4. The second kappa shape index (κ2) is 5.29. The number of aromatic nitrogens is 2. The van der Waals surface area contributed by atoms with Gasteiger partial charge in [-0.05, 0) is 36.2 Å². The highest BCUT2D eigenvalue weighted by molar-refractivity contribution is 9.10. The summed E-state index contributed by atoms with van der Waals surface area (Å²) < 4.78 is 0.830. The Morgan fingerprint density at radius 3 is 2.79 bits per heavy atom. The number of nitrogens with zero attached hydrogens (tertiary/aromatic N) is 2. The fraction of sp³-hybridized carbons (Fsp3) is 0.600. The van der Waals surface area contributed by atoms with Crippen LogP contribution < -0.4 is 5.32 Å². The zero-order valence-electron chi connectivity index (χ0n) is 8.84. The average molecular weight is 258 g/mol.